The number of amides is 1. The highest BCUT2D eigenvalue weighted by atomic mass is 16.5. The highest BCUT2D eigenvalue weighted by Crippen LogP contribution is 2.35. The van der Waals surface area contributed by atoms with E-state index in [9.17, 15) is 9.59 Å². The Morgan fingerprint density at radius 3 is 2.38 bits per heavy atom. The second kappa shape index (κ2) is 15.6. The van der Waals surface area contributed by atoms with Crippen molar-refractivity contribution < 1.29 is 19.1 Å². The summed E-state index contributed by atoms with van der Waals surface area (Å²) >= 11 is 0. The molecule has 2 aromatic carbocycles. The second-order valence-corrected chi connectivity index (χ2v) is 10.6. The summed E-state index contributed by atoms with van der Waals surface area (Å²) in [6.45, 7) is 12.3. The van der Waals surface area contributed by atoms with E-state index in [0.717, 1.165) is 31.1 Å². The van der Waals surface area contributed by atoms with Crippen LogP contribution in [-0.2, 0) is 14.3 Å². The van der Waals surface area contributed by atoms with Gasteiger partial charge in [0.2, 0.25) is 5.91 Å². The molecule has 0 saturated carbocycles. The Hall–Kier alpha value is -2.90. The molecule has 1 amide bonds. The lowest BCUT2D eigenvalue weighted by molar-refractivity contribution is -0.143. The number of esters is 1. The van der Waals surface area contributed by atoms with Crippen LogP contribution in [0.1, 0.15) is 83.4 Å². The molecule has 214 valence electrons. The van der Waals surface area contributed by atoms with Crippen molar-refractivity contribution in [1.29, 1.82) is 0 Å². The quantitative estimate of drug-likeness (QED) is 0.234. The largest absolute Gasteiger partial charge is 0.497 e. The highest BCUT2D eigenvalue weighted by molar-refractivity contribution is 5.90. The normalized spacial score (nSPS) is 18.9. The monoisotopic (exact) mass is 537 g/mol. The third kappa shape index (κ3) is 9.07. The number of hydrogen-bond acceptors (Lipinski definition) is 6. The predicted octanol–water partition coefficient (Wildman–Crippen LogP) is 6.04. The number of carbonyl (C=O) groups excluding carboxylic acids is 2. The summed E-state index contributed by atoms with van der Waals surface area (Å²) in [6.07, 6.45) is 4.48. The van der Waals surface area contributed by atoms with Crippen molar-refractivity contribution in [3.63, 3.8) is 0 Å². The van der Waals surface area contributed by atoms with Gasteiger partial charge in [-0.2, -0.15) is 0 Å². The number of nitrogens with one attached hydrogen (secondary N) is 1. The third-order valence-electron chi connectivity index (χ3n) is 7.55. The van der Waals surface area contributed by atoms with Crippen molar-refractivity contribution >= 4 is 17.6 Å². The molecule has 0 spiro atoms. The number of methoxy groups -OCH3 is 1. The molecule has 1 aliphatic heterocycles. The summed E-state index contributed by atoms with van der Waals surface area (Å²) < 4.78 is 10.5. The lowest BCUT2D eigenvalue weighted by Crippen LogP contribution is -2.57. The lowest BCUT2D eigenvalue weighted by Gasteiger charge is -2.47. The van der Waals surface area contributed by atoms with Crippen LogP contribution in [0.15, 0.2) is 48.5 Å². The molecule has 1 heterocycles. The van der Waals surface area contributed by atoms with Gasteiger partial charge in [-0.3, -0.25) is 19.4 Å². The highest BCUT2D eigenvalue weighted by Gasteiger charge is 2.34. The average molecular weight is 538 g/mol. The van der Waals surface area contributed by atoms with Crippen LogP contribution in [0.5, 0.6) is 5.75 Å². The number of nitrogens with zero attached hydrogens (tertiary/aromatic N) is 2. The van der Waals surface area contributed by atoms with Gasteiger partial charge in [-0.1, -0.05) is 37.6 Å². The lowest BCUT2D eigenvalue weighted by atomic mass is 9.93. The van der Waals surface area contributed by atoms with Crippen molar-refractivity contribution in [3.8, 4) is 5.75 Å². The molecular formula is C32H47N3O4. The molecule has 1 saturated heterocycles. The Morgan fingerprint density at radius 1 is 0.949 bits per heavy atom. The van der Waals surface area contributed by atoms with E-state index < -0.39 is 0 Å². The van der Waals surface area contributed by atoms with Crippen LogP contribution < -0.4 is 10.1 Å². The summed E-state index contributed by atoms with van der Waals surface area (Å²) in [6, 6.07) is 17.5. The van der Waals surface area contributed by atoms with E-state index in [-0.39, 0.29) is 17.9 Å². The summed E-state index contributed by atoms with van der Waals surface area (Å²) in [7, 11) is 1.71. The molecule has 0 aliphatic carbocycles. The molecule has 0 bridgehead atoms. The Kier molecular flexibility index (Phi) is 12.3. The molecular weight excluding hydrogens is 490 g/mol. The maximum Gasteiger partial charge on any atom is 0.305 e. The van der Waals surface area contributed by atoms with Gasteiger partial charge in [-0.15, -0.1) is 0 Å². The van der Waals surface area contributed by atoms with Gasteiger partial charge in [-0.25, -0.2) is 0 Å². The zero-order valence-electron chi connectivity index (χ0n) is 24.4. The molecule has 7 nitrogen and oxygen atoms in total. The first-order valence-electron chi connectivity index (χ1n) is 14.5. The average Bonchev–Trinajstić information content (AvgIpc) is 2.93. The number of anilines is 1. The van der Waals surface area contributed by atoms with Crippen LogP contribution in [-0.4, -0.2) is 67.1 Å². The number of carbonyl (C=O) groups is 2. The maximum atomic E-state index is 12.5. The van der Waals surface area contributed by atoms with E-state index >= 15 is 0 Å². The van der Waals surface area contributed by atoms with Crippen LogP contribution in [0.25, 0.3) is 0 Å². The van der Waals surface area contributed by atoms with Gasteiger partial charge in [-0.05, 0) is 82.0 Å². The minimum absolute atomic E-state index is 0.0402. The Labute approximate surface area is 234 Å². The van der Waals surface area contributed by atoms with Crippen LogP contribution in [0.4, 0.5) is 5.69 Å². The van der Waals surface area contributed by atoms with Crippen molar-refractivity contribution in [2.45, 2.75) is 84.3 Å². The molecule has 2 aromatic rings. The first-order valence-corrected chi connectivity index (χ1v) is 14.5. The molecule has 1 aliphatic rings. The van der Waals surface area contributed by atoms with E-state index in [1.807, 2.05) is 18.2 Å². The minimum Gasteiger partial charge on any atom is -0.497 e. The Balaban J connectivity index is 1.72. The van der Waals surface area contributed by atoms with E-state index in [2.05, 4.69) is 66.2 Å². The standard InChI is InChI=1S/C32H47N3O4/c1-6-8-20-34-22-25(4)35(23-24(34)3)32(27-12-11-13-29(21-27)38-5)26-16-18-28(19-17-26)33-30(36)14-9-10-15-31(37)39-7-2/h11-13,16-19,21,24-25,32H,6-10,14-15,20,22-23H2,1-5H3,(H,33,36)/t24-,25+,32-/m1/s1. The maximum absolute atomic E-state index is 12.5. The second-order valence-electron chi connectivity index (χ2n) is 10.6. The summed E-state index contributed by atoms with van der Waals surface area (Å²) in [4.78, 5) is 29.2. The van der Waals surface area contributed by atoms with Gasteiger partial charge < -0.3 is 14.8 Å². The Morgan fingerprint density at radius 2 is 1.69 bits per heavy atom. The van der Waals surface area contributed by atoms with Gasteiger partial charge in [0.05, 0.1) is 19.8 Å². The molecule has 39 heavy (non-hydrogen) atoms. The van der Waals surface area contributed by atoms with E-state index in [1.54, 1.807) is 14.0 Å². The summed E-state index contributed by atoms with van der Waals surface area (Å²) in [5.41, 5.74) is 3.18. The number of ether oxygens (including phenoxy) is 2. The first-order chi connectivity index (χ1) is 18.9. The number of benzene rings is 2. The topological polar surface area (TPSA) is 71.1 Å². The molecule has 3 rings (SSSR count). The molecule has 1 fully saturated rings. The molecule has 0 radical (unpaired) electrons. The van der Waals surface area contributed by atoms with Crippen molar-refractivity contribution in [3.05, 3.63) is 59.7 Å². The molecule has 3 atom stereocenters. The van der Waals surface area contributed by atoms with Gasteiger partial charge in [0.25, 0.3) is 0 Å². The molecule has 0 unspecified atom stereocenters. The van der Waals surface area contributed by atoms with Crippen LogP contribution in [0.3, 0.4) is 0 Å². The smallest absolute Gasteiger partial charge is 0.305 e. The van der Waals surface area contributed by atoms with Crippen molar-refractivity contribution in [1.82, 2.24) is 9.80 Å². The van der Waals surface area contributed by atoms with Gasteiger partial charge in [0.1, 0.15) is 5.75 Å². The minimum atomic E-state index is -0.204. The fourth-order valence-corrected chi connectivity index (χ4v) is 5.40. The number of rotatable bonds is 14. The molecule has 1 N–H and O–H groups in total. The fraction of sp³-hybridized carbons (Fsp3) is 0.562. The van der Waals surface area contributed by atoms with Gasteiger partial charge in [0.15, 0.2) is 0 Å². The third-order valence-corrected chi connectivity index (χ3v) is 7.55. The SMILES string of the molecule is CCCCN1C[C@H](C)N([C@H](c2ccc(NC(=O)CCCCC(=O)OCC)cc2)c2cccc(OC)c2)C[C@H]1C. The zero-order chi connectivity index (χ0) is 28.2. The van der Waals surface area contributed by atoms with Crippen molar-refractivity contribution in [2.24, 2.45) is 0 Å². The predicted molar refractivity (Wildman–Crippen MR) is 157 cm³/mol. The zero-order valence-corrected chi connectivity index (χ0v) is 24.4. The number of piperazine rings is 1. The van der Waals surface area contributed by atoms with Crippen LogP contribution >= 0.6 is 0 Å². The first kappa shape index (κ1) is 30.6. The van der Waals surface area contributed by atoms with Crippen molar-refractivity contribution in [2.75, 3.05) is 38.7 Å². The van der Waals surface area contributed by atoms with Crippen LogP contribution in [0.2, 0.25) is 0 Å². The molecule has 0 aromatic heterocycles. The fourth-order valence-electron chi connectivity index (χ4n) is 5.40. The molecule has 7 heteroatoms. The summed E-state index contributed by atoms with van der Waals surface area (Å²) in [5.74, 6) is 0.610. The number of unbranched alkanes of at least 4 members (excludes halogenated alkanes) is 2. The summed E-state index contributed by atoms with van der Waals surface area (Å²) in [5, 5.41) is 3.00. The van der Waals surface area contributed by atoms with Crippen LogP contribution in [0, 0.1) is 0 Å². The van der Waals surface area contributed by atoms with E-state index in [4.69, 9.17) is 9.47 Å². The number of hydrogen-bond donors (Lipinski definition) is 1. The van der Waals surface area contributed by atoms with Gasteiger partial charge in [0, 0.05) is 43.7 Å². The van der Waals surface area contributed by atoms with Gasteiger partial charge >= 0.3 is 5.97 Å². The van der Waals surface area contributed by atoms with E-state index in [1.165, 1.54) is 24.0 Å². The van der Waals surface area contributed by atoms with E-state index in [0.29, 0.717) is 44.4 Å². The Bertz CT molecular complexity index is 1040.